The van der Waals surface area contributed by atoms with Gasteiger partial charge in [-0.25, -0.2) is 4.98 Å². The SMILES string of the molecule is CC1CCN(C(CNC(=O)CCc2ncc(-c3ccccc3Cl)o2)c2ccccc2)CC1. The van der Waals surface area contributed by atoms with Gasteiger partial charge < -0.3 is 9.73 Å². The number of piperidine rings is 1. The van der Waals surface area contributed by atoms with Crippen LogP contribution in [-0.4, -0.2) is 35.4 Å². The number of halogens is 1. The Bertz CT molecular complexity index is 1010. The molecule has 1 fully saturated rings. The number of benzene rings is 2. The summed E-state index contributed by atoms with van der Waals surface area (Å²) in [6, 6.07) is 18.2. The molecule has 1 N–H and O–H groups in total. The third kappa shape index (κ3) is 5.78. The van der Waals surface area contributed by atoms with Gasteiger partial charge in [0.25, 0.3) is 0 Å². The van der Waals surface area contributed by atoms with E-state index in [4.69, 9.17) is 16.0 Å². The Kier molecular flexibility index (Phi) is 7.61. The lowest BCUT2D eigenvalue weighted by molar-refractivity contribution is -0.121. The normalized spacial score (nSPS) is 16.1. The Hall–Kier alpha value is -2.63. The molecule has 1 unspecified atom stereocenters. The van der Waals surface area contributed by atoms with Crippen molar-refractivity contribution in [1.82, 2.24) is 15.2 Å². The van der Waals surface area contributed by atoms with Crippen LogP contribution in [0.4, 0.5) is 0 Å². The number of aryl methyl sites for hydroxylation is 1. The first-order chi connectivity index (χ1) is 15.6. The lowest BCUT2D eigenvalue weighted by Crippen LogP contribution is -2.42. The fraction of sp³-hybridized carbons (Fsp3) is 0.385. The number of hydrogen-bond acceptors (Lipinski definition) is 4. The number of rotatable bonds is 8. The number of oxazole rings is 1. The van der Waals surface area contributed by atoms with Crippen molar-refractivity contribution in [3.8, 4) is 11.3 Å². The number of carbonyl (C=O) groups is 1. The van der Waals surface area contributed by atoms with E-state index < -0.39 is 0 Å². The van der Waals surface area contributed by atoms with Crippen molar-refractivity contribution in [2.75, 3.05) is 19.6 Å². The van der Waals surface area contributed by atoms with Crippen molar-refractivity contribution in [3.63, 3.8) is 0 Å². The van der Waals surface area contributed by atoms with Gasteiger partial charge >= 0.3 is 0 Å². The average molecular weight is 452 g/mol. The minimum atomic E-state index is 0.00815. The molecule has 3 aromatic rings. The monoisotopic (exact) mass is 451 g/mol. The molecule has 2 aromatic carbocycles. The first kappa shape index (κ1) is 22.6. The van der Waals surface area contributed by atoms with E-state index in [0.717, 1.165) is 24.6 Å². The van der Waals surface area contributed by atoms with E-state index in [2.05, 4.69) is 46.4 Å². The molecule has 6 heteroatoms. The molecule has 1 saturated heterocycles. The van der Waals surface area contributed by atoms with Gasteiger partial charge in [0.15, 0.2) is 11.7 Å². The van der Waals surface area contributed by atoms with Crippen LogP contribution in [0.2, 0.25) is 5.02 Å². The summed E-state index contributed by atoms with van der Waals surface area (Å²) in [5.41, 5.74) is 2.05. The molecule has 168 valence electrons. The summed E-state index contributed by atoms with van der Waals surface area (Å²) >= 11 is 6.23. The van der Waals surface area contributed by atoms with E-state index in [9.17, 15) is 4.79 Å². The summed E-state index contributed by atoms with van der Waals surface area (Å²) in [5, 5.41) is 3.75. The maximum Gasteiger partial charge on any atom is 0.220 e. The third-order valence-electron chi connectivity index (χ3n) is 6.19. The summed E-state index contributed by atoms with van der Waals surface area (Å²) in [7, 11) is 0. The molecule has 0 saturated carbocycles. The maximum absolute atomic E-state index is 12.6. The average Bonchev–Trinajstić information content (AvgIpc) is 3.29. The molecule has 1 amide bonds. The Morgan fingerprint density at radius 1 is 1.16 bits per heavy atom. The maximum atomic E-state index is 12.6. The molecule has 1 atom stereocenters. The van der Waals surface area contributed by atoms with Crippen LogP contribution in [0.25, 0.3) is 11.3 Å². The second-order valence-corrected chi connectivity index (χ2v) is 8.95. The van der Waals surface area contributed by atoms with Gasteiger partial charge in [-0.05, 0) is 49.5 Å². The quantitative estimate of drug-likeness (QED) is 0.490. The molecule has 32 heavy (non-hydrogen) atoms. The van der Waals surface area contributed by atoms with E-state index in [1.165, 1.54) is 18.4 Å². The molecule has 0 radical (unpaired) electrons. The summed E-state index contributed by atoms with van der Waals surface area (Å²) in [6.45, 7) is 5.06. The first-order valence-electron chi connectivity index (χ1n) is 11.4. The molecular weight excluding hydrogens is 422 g/mol. The highest BCUT2D eigenvalue weighted by Crippen LogP contribution is 2.28. The topological polar surface area (TPSA) is 58.4 Å². The van der Waals surface area contributed by atoms with Crippen LogP contribution >= 0.6 is 11.6 Å². The van der Waals surface area contributed by atoms with E-state index in [0.29, 0.717) is 36.1 Å². The molecule has 2 heterocycles. The highest BCUT2D eigenvalue weighted by atomic mass is 35.5. The van der Waals surface area contributed by atoms with Crippen molar-refractivity contribution in [3.05, 3.63) is 77.3 Å². The van der Waals surface area contributed by atoms with Gasteiger partial charge in [-0.3, -0.25) is 9.69 Å². The fourth-order valence-corrected chi connectivity index (χ4v) is 4.43. The third-order valence-corrected chi connectivity index (χ3v) is 6.52. The summed E-state index contributed by atoms with van der Waals surface area (Å²) in [5.74, 6) is 1.94. The molecule has 1 aliphatic heterocycles. The number of aromatic nitrogens is 1. The van der Waals surface area contributed by atoms with Crippen molar-refractivity contribution < 1.29 is 9.21 Å². The number of nitrogens with one attached hydrogen (secondary N) is 1. The van der Waals surface area contributed by atoms with E-state index in [1.807, 2.05) is 30.3 Å². The predicted molar refractivity (Wildman–Crippen MR) is 127 cm³/mol. The van der Waals surface area contributed by atoms with Crippen LogP contribution < -0.4 is 5.32 Å². The van der Waals surface area contributed by atoms with Gasteiger partial charge in [0.2, 0.25) is 5.91 Å². The van der Waals surface area contributed by atoms with Crippen LogP contribution in [0.1, 0.15) is 43.7 Å². The van der Waals surface area contributed by atoms with Gasteiger partial charge in [-0.1, -0.05) is 61.0 Å². The number of hydrogen-bond donors (Lipinski definition) is 1. The van der Waals surface area contributed by atoms with Gasteiger partial charge in [-0.2, -0.15) is 0 Å². The van der Waals surface area contributed by atoms with Crippen molar-refractivity contribution in [1.29, 1.82) is 0 Å². The van der Waals surface area contributed by atoms with Crippen LogP contribution in [0.5, 0.6) is 0 Å². The number of likely N-dealkylation sites (tertiary alicyclic amines) is 1. The number of nitrogens with zero attached hydrogens (tertiary/aromatic N) is 2. The Morgan fingerprint density at radius 3 is 2.62 bits per heavy atom. The van der Waals surface area contributed by atoms with E-state index >= 15 is 0 Å². The first-order valence-corrected chi connectivity index (χ1v) is 11.7. The van der Waals surface area contributed by atoms with Crippen LogP contribution in [0.15, 0.2) is 65.2 Å². The Balaban J connectivity index is 1.32. The van der Waals surface area contributed by atoms with Crippen molar-refractivity contribution >= 4 is 17.5 Å². The standard InChI is InChI=1S/C26H30ClN3O2/c1-19-13-15-30(16-14-19)23(20-7-3-2-4-8-20)17-28-25(31)11-12-26-29-18-24(32-26)21-9-5-6-10-22(21)27/h2-10,18-19,23H,11-17H2,1H3,(H,28,31). The minimum absolute atomic E-state index is 0.00815. The van der Waals surface area contributed by atoms with Gasteiger partial charge in [0.05, 0.1) is 17.3 Å². The number of amides is 1. The zero-order valence-corrected chi connectivity index (χ0v) is 19.2. The summed E-state index contributed by atoms with van der Waals surface area (Å²) in [6.07, 6.45) is 4.86. The fourth-order valence-electron chi connectivity index (χ4n) is 4.20. The minimum Gasteiger partial charge on any atom is -0.441 e. The predicted octanol–water partition coefficient (Wildman–Crippen LogP) is 5.52. The molecule has 5 nitrogen and oxygen atoms in total. The molecule has 1 aliphatic rings. The summed E-state index contributed by atoms with van der Waals surface area (Å²) in [4.78, 5) is 19.4. The van der Waals surface area contributed by atoms with Gasteiger partial charge in [0.1, 0.15) is 0 Å². The smallest absolute Gasteiger partial charge is 0.220 e. The number of carbonyl (C=O) groups excluding carboxylic acids is 1. The lowest BCUT2D eigenvalue weighted by Gasteiger charge is -2.37. The molecule has 0 aliphatic carbocycles. The Morgan fingerprint density at radius 2 is 1.88 bits per heavy atom. The molecule has 0 spiro atoms. The molecule has 1 aromatic heterocycles. The highest BCUT2D eigenvalue weighted by molar-refractivity contribution is 6.33. The van der Waals surface area contributed by atoms with Crippen molar-refractivity contribution in [2.24, 2.45) is 5.92 Å². The molecule has 4 rings (SSSR count). The van der Waals surface area contributed by atoms with Crippen LogP contribution in [-0.2, 0) is 11.2 Å². The van der Waals surface area contributed by atoms with Crippen molar-refractivity contribution in [2.45, 2.75) is 38.6 Å². The van der Waals surface area contributed by atoms with E-state index in [1.54, 1.807) is 6.20 Å². The van der Waals surface area contributed by atoms with Crippen LogP contribution in [0.3, 0.4) is 0 Å². The second kappa shape index (κ2) is 10.8. The van der Waals surface area contributed by atoms with E-state index in [-0.39, 0.29) is 11.9 Å². The lowest BCUT2D eigenvalue weighted by atomic mass is 9.95. The summed E-state index contributed by atoms with van der Waals surface area (Å²) < 4.78 is 5.82. The zero-order valence-electron chi connectivity index (χ0n) is 18.5. The van der Waals surface area contributed by atoms with Gasteiger partial charge in [0, 0.05) is 24.9 Å². The molecular formula is C26H30ClN3O2. The molecule has 0 bridgehead atoms. The highest BCUT2D eigenvalue weighted by Gasteiger charge is 2.25. The zero-order chi connectivity index (χ0) is 22.3. The largest absolute Gasteiger partial charge is 0.441 e. The van der Waals surface area contributed by atoms with Crippen LogP contribution in [0, 0.1) is 5.92 Å². The van der Waals surface area contributed by atoms with Gasteiger partial charge in [-0.15, -0.1) is 0 Å². The second-order valence-electron chi connectivity index (χ2n) is 8.55. The Labute approximate surface area is 194 Å².